The average molecular weight is 476 g/mol. The van der Waals surface area contributed by atoms with Crippen LogP contribution in [0.1, 0.15) is 50.6 Å². The van der Waals surface area contributed by atoms with Gasteiger partial charge in [-0.2, -0.15) is 0 Å². The SMILES string of the molecule is CCC(C)CN(CC(=O)N1CCc2sccc2C1COc1ccc(F)cc1)C(=O)NC(C)C. The van der Waals surface area contributed by atoms with Crippen molar-refractivity contribution in [1.82, 2.24) is 15.1 Å². The summed E-state index contributed by atoms with van der Waals surface area (Å²) in [7, 11) is 0. The molecule has 2 unspecified atom stereocenters. The van der Waals surface area contributed by atoms with Crippen LogP contribution in [-0.4, -0.2) is 54.0 Å². The molecule has 1 N–H and O–H groups in total. The molecular formula is C25H34FN3O3S. The molecule has 0 bridgehead atoms. The summed E-state index contributed by atoms with van der Waals surface area (Å²) in [5, 5.41) is 4.95. The van der Waals surface area contributed by atoms with Crippen molar-refractivity contribution < 1.29 is 18.7 Å². The minimum absolute atomic E-state index is 0.00718. The monoisotopic (exact) mass is 475 g/mol. The maximum Gasteiger partial charge on any atom is 0.318 e. The van der Waals surface area contributed by atoms with Gasteiger partial charge >= 0.3 is 6.03 Å². The van der Waals surface area contributed by atoms with Crippen molar-refractivity contribution in [2.24, 2.45) is 5.92 Å². The number of rotatable bonds is 9. The molecule has 0 saturated carbocycles. The summed E-state index contributed by atoms with van der Waals surface area (Å²) in [6, 6.07) is 7.45. The van der Waals surface area contributed by atoms with E-state index in [9.17, 15) is 14.0 Å². The van der Waals surface area contributed by atoms with Crippen LogP contribution in [0.4, 0.5) is 9.18 Å². The van der Waals surface area contributed by atoms with E-state index in [-0.39, 0.29) is 48.9 Å². The van der Waals surface area contributed by atoms with E-state index in [2.05, 4.69) is 19.2 Å². The number of carbonyl (C=O) groups is 2. The second kappa shape index (κ2) is 11.5. The third-order valence-electron chi connectivity index (χ3n) is 5.89. The van der Waals surface area contributed by atoms with E-state index in [0.29, 0.717) is 18.8 Å². The molecule has 0 spiro atoms. The van der Waals surface area contributed by atoms with Gasteiger partial charge in [0.05, 0.1) is 6.04 Å². The highest BCUT2D eigenvalue weighted by molar-refractivity contribution is 7.10. The number of hydrogen-bond donors (Lipinski definition) is 1. The number of ether oxygens (including phenoxy) is 1. The number of nitrogens with one attached hydrogen (secondary N) is 1. The molecule has 180 valence electrons. The van der Waals surface area contributed by atoms with Gasteiger partial charge in [0, 0.05) is 24.0 Å². The van der Waals surface area contributed by atoms with Crippen LogP contribution in [0.5, 0.6) is 5.75 Å². The fraction of sp³-hybridized carbons (Fsp3) is 0.520. The van der Waals surface area contributed by atoms with Crippen molar-refractivity contribution in [2.45, 2.75) is 52.6 Å². The number of nitrogens with zero attached hydrogens (tertiary/aromatic N) is 2. The van der Waals surface area contributed by atoms with Crippen LogP contribution in [-0.2, 0) is 11.2 Å². The minimum Gasteiger partial charge on any atom is -0.491 e. The van der Waals surface area contributed by atoms with Crippen LogP contribution < -0.4 is 10.1 Å². The fourth-order valence-corrected chi connectivity index (χ4v) is 4.83. The predicted octanol–water partition coefficient (Wildman–Crippen LogP) is 4.86. The third kappa shape index (κ3) is 6.69. The molecule has 1 aliphatic rings. The summed E-state index contributed by atoms with van der Waals surface area (Å²) < 4.78 is 19.2. The molecule has 0 radical (unpaired) electrons. The average Bonchev–Trinajstić information content (AvgIpc) is 3.26. The van der Waals surface area contributed by atoms with Gasteiger partial charge in [0.25, 0.3) is 0 Å². The summed E-state index contributed by atoms with van der Waals surface area (Å²) >= 11 is 1.69. The highest BCUT2D eigenvalue weighted by atomic mass is 32.1. The van der Waals surface area contributed by atoms with Crippen LogP contribution in [0.2, 0.25) is 0 Å². The standard InChI is InChI=1S/C25H34FN3O3S/c1-5-18(4)14-28(25(31)27-17(2)3)15-24(30)29-12-10-23-21(11-13-33-23)22(29)16-32-20-8-6-19(26)7-9-20/h6-9,11,13,17-18,22H,5,10,12,14-16H2,1-4H3,(H,27,31). The Morgan fingerprint density at radius 2 is 1.97 bits per heavy atom. The Labute approximate surface area is 199 Å². The molecule has 33 heavy (non-hydrogen) atoms. The largest absolute Gasteiger partial charge is 0.491 e. The normalized spacial score (nSPS) is 16.3. The zero-order chi connectivity index (χ0) is 24.0. The fourth-order valence-electron chi connectivity index (χ4n) is 3.90. The van der Waals surface area contributed by atoms with E-state index in [0.717, 1.165) is 18.4 Å². The topological polar surface area (TPSA) is 61.9 Å². The van der Waals surface area contributed by atoms with Gasteiger partial charge in [-0.25, -0.2) is 9.18 Å². The molecule has 1 aromatic heterocycles. The highest BCUT2D eigenvalue weighted by Crippen LogP contribution is 2.34. The van der Waals surface area contributed by atoms with Gasteiger partial charge in [0.1, 0.15) is 24.7 Å². The lowest BCUT2D eigenvalue weighted by atomic mass is 10.00. The Bertz CT molecular complexity index is 931. The zero-order valence-electron chi connectivity index (χ0n) is 19.8. The Balaban J connectivity index is 1.76. The van der Waals surface area contributed by atoms with Gasteiger partial charge in [-0.1, -0.05) is 20.3 Å². The number of urea groups is 1. The van der Waals surface area contributed by atoms with Gasteiger partial charge in [0.15, 0.2) is 0 Å². The number of halogens is 1. The number of amides is 3. The van der Waals surface area contributed by atoms with Crippen molar-refractivity contribution in [3.63, 3.8) is 0 Å². The smallest absolute Gasteiger partial charge is 0.318 e. The molecule has 1 aliphatic heterocycles. The molecule has 0 saturated heterocycles. The van der Waals surface area contributed by atoms with Gasteiger partial charge in [0.2, 0.25) is 5.91 Å². The summed E-state index contributed by atoms with van der Waals surface area (Å²) in [4.78, 5) is 31.0. The summed E-state index contributed by atoms with van der Waals surface area (Å²) in [5.74, 6) is 0.429. The number of thiophene rings is 1. The predicted molar refractivity (Wildman–Crippen MR) is 129 cm³/mol. The highest BCUT2D eigenvalue weighted by Gasteiger charge is 2.33. The maximum absolute atomic E-state index is 13.5. The van der Waals surface area contributed by atoms with Crippen LogP contribution in [0.25, 0.3) is 0 Å². The van der Waals surface area contributed by atoms with Crippen molar-refractivity contribution in [3.05, 3.63) is 52.0 Å². The zero-order valence-corrected chi connectivity index (χ0v) is 20.7. The second-order valence-electron chi connectivity index (χ2n) is 8.92. The van der Waals surface area contributed by atoms with Gasteiger partial charge in [-0.15, -0.1) is 11.3 Å². The van der Waals surface area contributed by atoms with Crippen LogP contribution in [0, 0.1) is 11.7 Å². The van der Waals surface area contributed by atoms with E-state index in [1.54, 1.807) is 28.4 Å². The number of fused-ring (bicyclic) bond motifs is 1. The molecule has 3 rings (SSSR count). The summed E-state index contributed by atoms with van der Waals surface area (Å²) in [6.45, 7) is 9.37. The van der Waals surface area contributed by atoms with Crippen LogP contribution >= 0.6 is 11.3 Å². The molecule has 3 amide bonds. The van der Waals surface area contributed by atoms with Crippen LogP contribution in [0.3, 0.4) is 0 Å². The number of benzene rings is 1. The molecule has 2 aromatic rings. The Morgan fingerprint density at radius 1 is 1.24 bits per heavy atom. The lowest BCUT2D eigenvalue weighted by molar-refractivity contribution is -0.135. The number of carbonyl (C=O) groups excluding carboxylic acids is 2. The van der Waals surface area contributed by atoms with Crippen molar-refractivity contribution >= 4 is 23.3 Å². The Kier molecular flexibility index (Phi) is 8.72. The number of hydrogen-bond acceptors (Lipinski definition) is 4. The van der Waals surface area contributed by atoms with E-state index in [1.165, 1.54) is 17.0 Å². The molecule has 1 aromatic carbocycles. The first-order chi connectivity index (χ1) is 15.8. The van der Waals surface area contributed by atoms with E-state index < -0.39 is 0 Å². The van der Waals surface area contributed by atoms with Crippen molar-refractivity contribution in [1.29, 1.82) is 0 Å². The minimum atomic E-state index is -0.321. The van der Waals surface area contributed by atoms with E-state index in [1.807, 2.05) is 30.2 Å². The molecule has 0 aliphatic carbocycles. The maximum atomic E-state index is 13.5. The molecule has 8 heteroatoms. The first-order valence-electron chi connectivity index (χ1n) is 11.6. The van der Waals surface area contributed by atoms with E-state index in [4.69, 9.17) is 4.74 Å². The molecular weight excluding hydrogens is 441 g/mol. The molecule has 2 heterocycles. The summed E-state index contributed by atoms with van der Waals surface area (Å²) in [5.41, 5.74) is 1.09. The molecule has 6 nitrogen and oxygen atoms in total. The van der Waals surface area contributed by atoms with Gasteiger partial charge in [-0.3, -0.25) is 4.79 Å². The van der Waals surface area contributed by atoms with E-state index >= 15 is 0 Å². The first kappa shape index (κ1) is 25.0. The Hall–Kier alpha value is -2.61. The lowest BCUT2D eigenvalue weighted by Gasteiger charge is -2.37. The first-order valence-corrected chi connectivity index (χ1v) is 12.5. The van der Waals surface area contributed by atoms with Crippen LogP contribution in [0.15, 0.2) is 35.7 Å². The third-order valence-corrected chi connectivity index (χ3v) is 6.89. The van der Waals surface area contributed by atoms with Crippen molar-refractivity contribution in [3.8, 4) is 5.75 Å². The quantitative estimate of drug-likeness (QED) is 0.564. The van der Waals surface area contributed by atoms with Gasteiger partial charge < -0.3 is 19.9 Å². The van der Waals surface area contributed by atoms with Gasteiger partial charge in [-0.05, 0) is 67.5 Å². The second-order valence-corrected chi connectivity index (χ2v) is 9.92. The lowest BCUT2D eigenvalue weighted by Crippen LogP contribution is -2.51. The summed E-state index contributed by atoms with van der Waals surface area (Å²) in [6.07, 6.45) is 1.71. The molecule has 0 fully saturated rings. The van der Waals surface area contributed by atoms with Crippen molar-refractivity contribution in [2.75, 3.05) is 26.2 Å². The Morgan fingerprint density at radius 3 is 2.64 bits per heavy atom. The molecule has 2 atom stereocenters.